The van der Waals surface area contributed by atoms with Gasteiger partial charge in [0.05, 0.1) is 5.69 Å². The number of hydrogen-bond acceptors (Lipinski definition) is 4. The summed E-state index contributed by atoms with van der Waals surface area (Å²) in [6, 6.07) is 16.7. The second-order valence-corrected chi connectivity index (χ2v) is 7.45. The lowest BCUT2D eigenvalue weighted by molar-refractivity contribution is -0.129. The minimum Gasteiger partial charge on any atom is -0.449 e. The summed E-state index contributed by atoms with van der Waals surface area (Å²) in [5.41, 5.74) is 2.28. The molecule has 1 atom stereocenters. The van der Waals surface area contributed by atoms with Crippen molar-refractivity contribution >= 4 is 23.5 Å². The standard InChI is InChI=1S/C22H20ClN3O3/c1-14(21(27)24-17-11-12-17)29-22(28)19-13-26(18-5-3-2-4-6-18)25-20(19)15-7-9-16(23)10-8-15/h2-10,13-14,17H,11-12H2,1H3,(H,24,27)/t14-/m0/s1. The van der Waals surface area contributed by atoms with Crippen LogP contribution in [0.15, 0.2) is 60.8 Å². The van der Waals surface area contributed by atoms with Gasteiger partial charge in [-0.2, -0.15) is 5.10 Å². The molecule has 148 valence electrons. The number of carbonyl (C=O) groups is 2. The highest BCUT2D eigenvalue weighted by molar-refractivity contribution is 6.30. The van der Waals surface area contributed by atoms with Gasteiger partial charge < -0.3 is 10.1 Å². The van der Waals surface area contributed by atoms with Crippen molar-refractivity contribution in [3.05, 3.63) is 71.4 Å². The first-order valence-electron chi connectivity index (χ1n) is 9.43. The van der Waals surface area contributed by atoms with Crippen molar-refractivity contribution in [3.8, 4) is 16.9 Å². The summed E-state index contributed by atoms with van der Waals surface area (Å²) in [7, 11) is 0. The molecule has 1 saturated carbocycles. The molecule has 3 aromatic rings. The summed E-state index contributed by atoms with van der Waals surface area (Å²) in [5.74, 6) is -0.889. The molecule has 0 radical (unpaired) electrons. The molecular weight excluding hydrogens is 390 g/mol. The van der Waals surface area contributed by atoms with E-state index >= 15 is 0 Å². The molecule has 6 nitrogen and oxygen atoms in total. The van der Waals surface area contributed by atoms with Crippen LogP contribution < -0.4 is 5.32 Å². The van der Waals surface area contributed by atoms with Crippen molar-refractivity contribution in [3.63, 3.8) is 0 Å². The van der Waals surface area contributed by atoms with Crippen LogP contribution in [-0.2, 0) is 9.53 Å². The summed E-state index contributed by atoms with van der Waals surface area (Å²) < 4.78 is 7.05. The summed E-state index contributed by atoms with van der Waals surface area (Å²) in [6.07, 6.45) is 2.67. The van der Waals surface area contributed by atoms with Crippen molar-refractivity contribution < 1.29 is 14.3 Å². The summed E-state index contributed by atoms with van der Waals surface area (Å²) in [4.78, 5) is 25.0. The molecule has 1 N–H and O–H groups in total. The highest BCUT2D eigenvalue weighted by Crippen LogP contribution is 2.26. The van der Waals surface area contributed by atoms with Crippen molar-refractivity contribution in [1.29, 1.82) is 0 Å². The molecule has 4 rings (SSSR count). The molecule has 0 aliphatic heterocycles. The lowest BCUT2D eigenvalue weighted by Gasteiger charge is -2.13. The predicted octanol–water partition coefficient (Wildman–Crippen LogP) is 4.02. The third-order valence-electron chi connectivity index (χ3n) is 4.65. The van der Waals surface area contributed by atoms with E-state index in [1.54, 1.807) is 42.1 Å². The van der Waals surface area contributed by atoms with Gasteiger partial charge in [-0.05, 0) is 44.0 Å². The number of benzene rings is 2. The van der Waals surface area contributed by atoms with Gasteiger partial charge in [0.2, 0.25) is 0 Å². The minimum atomic E-state index is -0.888. The van der Waals surface area contributed by atoms with Gasteiger partial charge in [0.1, 0.15) is 11.3 Å². The van der Waals surface area contributed by atoms with Crippen LogP contribution in [0.4, 0.5) is 0 Å². The zero-order valence-corrected chi connectivity index (χ0v) is 16.6. The van der Waals surface area contributed by atoms with E-state index < -0.39 is 12.1 Å². The van der Waals surface area contributed by atoms with E-state index in [9.17, 15) is 9.59 Å². The lowest BCUT2D eigenvalue weighted by atomic mass is 10.1. The Morgan fingerprint density at radius 3 is 2.48 bits per heavy atom. The molecule has 7 heteroatoms. The molecule has 1 aliphatic carbocycles. The first-order chi connectivity index (χ1) is 14.0. The number of para-hydroxylation sites is 1. The first-order valence-corrected chi connectivity index (χ1v) is 9.81. The number of amides is 1. The van der Waals surface area contributed by atoms with Crippen molar-refractivity contribution in [2.75, 3.05) is 0 Å². The Morgan fingerprint density at radius 1 is 1.14 bits per heavy atom. The Morgan fingerprint density at radius 2 is 1.83 bits per heavy atom. The normalized spacial score (nSPS) is 14.3. The minimum absolute atomic E-state index is 0.203. The van der Waals surface area contributed by atoms with Crippen LogP contribution in [0.5, 0.6) is 0 Å². The third kappa shape index (κ3) is 4.49. The highest BCUT2D eigenvalue weighted by atomic mass is 35.5. The van der Waals surface area contributed by atoms with Crippen LogP contribution >= 0.6 is 11.6 Å². The van der Waals surface area contributed by atoms with Crippen molar-refractivity contribution in [2.24, 2.45) is 0 Å². The van der Waals surface area contributed by atoms with E-state index in [0.717, 1.165) is 24.1 Å². The lowest BCUT2D eigenvalue weighted by Crippen LogP contribution is -2.37. The SMILES string of the molecule is C[C@H](OC(=O)c1cn(-c2ccccc2)nc1-c1ccc(Cl)cc1)C(=O)NC1CC1. The maximum atomic E-state index is 12.9. The number of nitrogens with zero attached hydrogens (tertiary/aromatic N) is 2. The van der Waals surface area contributed by atoms with Gasteiger partial charge in [-0.25, -0.2) is 9.48 Å². The van der Waals surface area contributed by atoms with Gasteiger partial charge in [-0.15, -0.1) is 0 Å². The molecule has 1 aliphatic rings. The van der Waals surface area contributed by atoms with E-state index in [-0.39, 0.29) is 17.5 Å². The Labute approximate surface area is 173 Å². The Kier molecular flexibility index (Phi) is 5.36. The maximum absolute atomic E-state index is 12.9. The number of esters is 1. The smallest absolute Gasteiger partial charge is 0.342 e. The van der Waals surface area contributed by atoms with Crippen molar-refractivity contribution in [2.45, 2.75) is 31.9 Å². The molecule has 2 aromatic carbocycles. The molecule has 0 spiro atoms. The monoisotopic (exact) mass is 409 g/mol. The molecule has 1 heterocycles. The van der Waals surface area contributed by atoms with Gasteiger partial charge in [0.15, 0.2) is 6.10 Å². The molecule has 0 saturated heterocycles. The highest BCUT2D eigenvalue weighted by Gasteiger charge is 2.28. The molecule has 1 fully saturated rings. The van der Waals surface area contributed by atoms with Gasteiger partial charge in [0, 0.05) is 22.8 Å². The van der Waals surface area contributed by atoms with Crippen LogP contribution in [0, 0.1) is 0 Å². The number of rotatable bonds is 6. The Bertz CT molecular complexity index is 1030. The molecule has 0 bridgehead atoms. The van der Waals surface area contributed by atoms with Gasteiger partial charge in [-0.3, -0.25) is 4.79 Å². The topological polar surface area (TPSA) is 73.2 Å². The van der Waals surface area contributed by atoms with Crippen molar-refractivity contribution in [1.82, 2.24) is 15.1 Å². The van der Waals surface area contributed by atoms with E-state index in [4.69, 9.17) is 16.3 Å². The predicted molar refractivity (Wildman–Crippen MR) is 110 cm³/mol. The molecule has 1 amide bonds. The number of hydrogen-bond donors (Lipinski definition) is 1. The third-order valence-corrected chi connectivity index (χ3v) is 4.90. The Balaban J connectivity index is 1.64. The summed E-state index contributed by atoms with van der Waals surface area (Å²) >= 11 is 5.99. The quantitative estimate of drug-likeness (QED) is 0.624. The second-order valence-electron chi connectivity index (χ2n) is 7.01. The number of ether oxygens (including phenoxy) is 1. The summed E-state index contributed by atoms with van der Waals surface area (Å²) in [6.45, 7) is 1.57. The number of nitrogens with one attached hydrogen (secondary N) is 1. The molecular formula is C22H20ClN3O3. The molecule has 29 heavy (non-hydrogen) atoms. The average molecular weight is 410 g/mol. The largest absolute Gasteiger partial charge is 0.449 e. The zero-order chi connectivity index (χ0) is 20.4. The van der Waals surface area contributed by atoms with E-state index in [2.05, 4.69) is 10.4 Å². The number of aromatic nitrogens is 2. The van der Waals surface area contributed by atoms with Gasteiger partial charge >= 0.3 is 5.97 Å². The molecule has 1 aromatic heterocycles. The van der Waals surface area contributed by atoms with Crippen LogP contribution in [0.3, 0.4) is 0 Å². The first kappa shape index (κ1) is 19.2. The van der Waals surface area contributed by atoms with E-state index in [0.29, 0.717) is 10.7 Å². The van der Waals surface area contributed by atoms with Crippen LogP contribution in [0.25, 0.3) is 16.9 Å². The van der Waals surface area contributed by atoms with E-state index in [1.807, 2.05) is 30.3 Å². The number of halogens is 1. The fourth-order valence-corrected chi connectivity index (χ4v) is 3.01. The average Bonchev–Trinajstić information content (AvgIpc) is 3.43. The summed E-state index contributed by atoms with van der Waals surface area (Å²) in [5, 5.41) is 8.02. The van der Waals surface area contributed by atoms with E-state index in [1.165, 1.54) is 0 Å². The van der Waals surface area contributed by atoms with Gasteiger partial charge in [0.25, 0.3) is 5.91 Å². The fraction of sp³-hybridized carbons (Fsp3) is 0.227. The zero-order valence-electron chi connectivity index (χ0n) is 15.8. The Hall–Kier alpha value is -3.12. The van der Waals surface area contributed by atoms with Crippen LogP contribution in [0.1, 0.15) is 30.1 Å². The second kappa shape index (κ2) is 8.09. The molecule has 0 unspecified atom stereocenters. The van der Waals surface area contributed by atoms with Crippen LogP contribution in [0.2, 0.25) is 5.02 Å². The van der Waals surface area contributed by atoms with Crippen LogP contribution in [-0.4, -0.2) is 33.8 Å². The maximum Gasteiger partial charge on any atom is 0.342 e. The fourth-order valence-electron chi connectivity index (χ4n) is 2.88. The number of carbonyl (C=O) groups excluding carboxylic acids is 2. The van der Waals surface area contributed by atoms with Gasteiger partial charge in [-0.1, -0.05) is 41.9 Å².